The highest BCUT2D eigenvalue weighted by Gasteiger charge is 2.18. The predicted molar refractivity (Wildman–Crippen MR) is 92.5 cm³/mol. The van der Waals surface area contributed by atoms with Gasteiger partial charge in [-0.2, -0.15) is 0 Å². The average molecular weight is 369 g/mol. The molecule has 1 aromatic carbocycles. The molecule has 138 valence electrons. The van der Waals surface area contributed by atoms with Gasteiger partial charge in [-0.25, -0.2) is 13.1 Å². The topological polar surface area (TPSA) is 118 Å². The Morgan fingerprint density at radius 2 is 1.92 bits per heavy atom. The number of carbonyl (C=O) groups is 1. The second kappa shape index (κ2) is 8.91. The molecule has 0 aromatic heterocycles. The Bertz CT molecular complexity index is 714. The van der Waals surface area contributed by atoms with Gasteiger partial charge in [-0.15, -0.1) is 0 Å². The molecule has 0 aliphatic heterocycles. The minimum absolute atomic E-state index is 0.0292. The zero-order chi connectivity index (χ0) is 18.3. The van der Waals surface area contributed by atoms with Crippen LogP contribution in [-0.2, 0) is 14.8 Å². The first-order valence-electron chi connectivity index (χ1n) is 8.39. The highest BCUT2D eigenvalue weighted by Crippen LogP contribution is 2.26. The molecule has 1 fully saturated rings. The van der Waals surface area contributed by atoms with Crippen molar-refractivity contribution in [3.63, 3.8) is 0 Å². The fourth-order valence-electron chi connectivity index (χ4n) is 2.96. The number of nitro groups is 1. The van der Waals surface area contributed by atoms with Crippen LogP contribution in [0.2, 0.25) is 0 Å². The van der Waals surface area contributed by atoms with E-state index in [4.69, 9.17) is 0 Å². The number of hydrogen-bond acceptors (Lipinski definition) is 5. The van der Waals surface area contributed by atoms with Crippen LogP contribution in [0, 0.1) is 16.0 Å². The quantitative estimate of drug-likeness (QED) is 0.412. The molecule has 0 radical (unpaired) electrons. The van der Waals surface area contributed by atoms with Crippen LogP contribution in [0.1, 0.15) is 38.5 Å². The maximum absolute atomic E-state index is 12.1. The van der Waals surface area contributed by atoms with Crippen molar-refractivity contribution < 1.29 is 18.1 Å². The summed E-state index contributed by atoms with van der Waals surface area (Å²) in [6.45, 7) is 0.209. The van der Waals surface area contributed by atoms with Crippen molar-refractivity contribution in [2.75, 3.05) is 13.1 Å². The summed E-state index contributed by atoms with van der Waals surface area (Å²) in [6.07, 6.45) is 6.21. The van der Waals surface area contributed by atoms with Crippen molar-refractivity contribution >= 4 is 21.6 Å². The molecule has 0 atom stereocenters. The molecule has 1 saturated carbocycles. The number of benzene rings is 1. The summed E-state index contributed by atoms with van der Waals surface area (Å²) in [4.78, 5) is 21.8. The van der Waals surface area contributed by atoms with Crippen LogP contribution in [0.3, 0.4) is 0 Å². The Morgan fingerprint density at radius 3 is 2.60 bits per heavy atom. The highest BCUT2D eigenvalue weighted by atomic mass is 32.2. The predicted octanol–water partition coefficient (Wildman–Crippen LogP) is 1.96. The monoisotopic (exact) mass is 369 g/mol. The van der Waals surface area contributed by atoms with E-state index in [9.17, 15) is 23.3 Å². The normalized spacial score (nSPS) is 15.7. The van der Waals surface area contributed by atoms with Crippen molar-refractivity contribution in [2.45, 2.75) is 43.4 Å². The van der Waals surface area contributed by atoms with E-state index in [2.05, 4.69) is 10.0 Å². The molecule has 0 saturated heterocycles. The van der Waals surface area contributed by atoms with Crippen molar-refractivity contribution in [3.8, 4) is 0 Å². The molecule has 9 heteroatoms. The Labute approximate surface area is 147 Å². The van der Waals surface area contributed by atoms with Gasteiger partial charge in [0.15, 0.2) is 0 Å². The molecule has 0 unspecified atom stereocenters. The molecule has 8 nitrogen and oxygen atoms in total. The number of non-ortho nitro benzene ring substituents is 1. The summed E-state index contributed by atoms with van der Waals surface area (Å²) in [5.74, 6) is 0.358. The fourth-order valence-corrected chi connectivity index (χ4v) is 4.03. The standard InChI is InChI=1S/C16H23N3O5S/c20-16(11-13-5-2-1-3-6-13)17-9-10-18-25(23,24)15-8-4-7-14(12-15)19(21)22/h4,7-8,12-13,18H,1-3,5-6,9-11H2,(H,17,20). The summed E-state index contributed by atoms with van der Waals surface area (Å²) in [5.41, 5.74) is -0.288. The van der Waals surface area contributed by atoms with Crippen LogP contribution in [0.15, 0.2) is 29.2 Å². The highest BCUT2D eigenvalue weighted by molar-refractivity contribution is 7.89. The molecular formula is C16H23N3O5S. The van der Waals surface area contributed by atoms with Crippen LogP contribution in [0.5, 0.6) is 0 Å². The lowest BCUT2D eigenvalue weighted by molar-refractivity contribution is -0.385. The van der Waals surface area contributed by atoms with E-state index in [0.29, 0.717) is 12.3 Å². The molecule has 0 bridgehead atoms. The Morgan fingerprint density at radius 1 is 1.20 bits per heavy atom. The molecule has 0 spiro atoms. The zero-order valence-electron chi connectivity index (χ0n) is 13.9. The summed E-state index contributed by atoms with van der Waals surface area (Å²) in [5, 5.41) is 13.4. The summed E-state index contributed by atoms with van der Waals surface area (Å²) < 4.78 is 26.6. The van der Waals surface area contributed by atoms with Crippen molar-refractivity contribution in [2.24, 2.45) is 5.92 Å². The number of hydrogen-bond donors (Lipinski definition) is 2. The number of nitrogens with one attached hydrogen (secondary N) is 2. The fraction of sp³-hybridized carbons (Fsp3) is 0.562. The average Bonchev–Trinajstić information content (AvgIpc) is 2.60. The van der Waals surface area contributed by atoms with E-state index in [-0.39, 0.29) is 29.6 Å². The molecule has 1 aliphatic carbocycles. The summed E-state index contributed by atoms with van der Waals surface area (Å²) in [6, 6.07) is 4.84. The Balaban J connectivity index is 1.77. The van der Waals surface area contributed by atoms with Crippen LogP contribution >= 0.6 is 0 Å². The van der Waals surface area contributed by atoms with E-state index in [1.807, 2.05) is 0 Å². The van der Waals surface area contributed by atoms with E-state index < -0.39 is 14.9 Å². The van der Waals surface area contributed by atoms with Crippen molar-refractivity contribution in [3.05, 3.63) is 34.4 Å². The second-order valence-electron chi connectivity index (χ2n) is 6.21. The minimum Gasteiger partial charge on any atom is -0.355 e. The third-order valence-corrected chi connectivity index (χ3v) is 5.74. The summed E-state index contributed by atoms with van der Waals surface area (Å²) >= 11 is 0. The van der Waals surface area contributed by atoms with E-state index in [1.54, 1.807) is 0 Å². The Hall–Kier alpha value is -2.00. The smallest absolute Gasteiger partial charge is 0.270 e. The lowest BCUT2D eigenvalue weighted by atomic mass is 9.87. The van der Waals surface area contributed by atoms with E-state index in [1.165, 1.54) is 37.5 Å². The molecular weight excluding hydrogens is 346 g/mol. The van der Waals surface area contributed by atoms with Gasteiger partial charge >= 0.3 is 0 Å². The van der Waals surface area contributed by atoms with Crippen LogP contribution in [0.4, 0.5) is 5.69 Å². The molecule has 0 heterocycles. The number of carbonyl (C=O) groups excluding carboxylic acids is 1. The van der Waals surface area contributed by atoms with Crippen molar-refractivity contribution in [1.29, 1.82) is 0 Å². The van der Waals surface area contributed by atoms with Crippen LogP contribution < -0.4 is 10.0 Å². The third kappa shape index (κ3) is 6.09. The molecule has 2 rings (SSSR count). The first-order valence-corrected chi connectivity index (χ1v) is 9.87. The number of rotatable bonds is 8. The minimum atomic E-state index is -3.85. The van der Waals surface area contributed by atoms with Gasteiger partial charge < -0.3 is 5.32 Å². The van der Waals surface area contributed by atoms with Gasteiger partial charge in [0.1, 0.15) is 0 Å². The molecule has 1 amide bonds. The number of amides is 1. The maximum Gasteiger partial charge on any atom is 0.270 e. The third-order valence-electron chi connectivity index (χ3n) is 4.28. The number of nitrogens with zero attached hydrogens (tertiary/aromatic N) is 1. The second-order valence-corrected chi connectivity index (χ2v) is 7.98. The first kappa shape index (κ1) is 19.3. The van der Waals surface area contributed by atoms with Gasteiger partial charge in [-0.05, 0) is 24.8 Å². The van der Waals surface area contributed by atoms with Gasteiger partial charge in [0.05, 0.1) is 9.82 Å². The first-order chi connectivity index (χ1) is 11.9. The zero-order valence-corrected chi connectivity index (χ0v) is 14.8. The molecule has 25 heavy (non-hydrogen) atoms. The number of nitro benzene ring substituents is 1. The van der Waals surface area contributed by atoms with Crippen molar-refractivity contribution in [1.82, 2.24) is 10.0 Å². The van der Waals surface area contributed by atoms with Gasteiger partial charge in [0, 0.05) is 31.6 Å². The van der Waals surface area contributed by atoms with Gasteiger partial charge in [-0.1, -0.05) is 25.3 Å². The maximum atomic E-state index is 12.1. The van der Waals surface area contributed by atoms with Crippen LogP contribution in [-0.4, -0.2) is 32.3 Å². The summed E-state index contributed by atoms with van der Waals surface area (Å²) in [7, 11) is -3.85. The molecule has 2 N–H and O–H groups in total. The number of sulfonamides is 1. The van der Waals surface area contributed by atoms with E-state index in [0.717, 1.165) is 18.9 Å². The van der Waals surface area contributed by atoms with Gasteiger partial charge in [-0.3, -0.25) is 14.9 Å². The van der Waals surface area contributed by atoms with Gasteiger partial charge in [0.2, 0.25) is 15.9 Å². The largest absolute Gasteiger partial charge is 0.355 e. The van der Waals surface area contributed by atoms with E-state index >= 15 is 0 Å². The molecule has 1 aliphatic rings. The Kier molecular flexibility index (Phi) is 6.89. The SMILES string of the molecule is O=C(CC1CCCCC1)NCCNS(=O)(=O)c1cccc([N+](=O)[O-])c1. The lowest BCUT2D eigenvalue weighted by Gasteiger charge is -2.20. The van der Waals surface area contributed by atoms with Crippen LogP contribution in [0.25, 0.3) is 0 Å². The lowest BCUT2D eigenvalue weighted by Crippen LogP contribution is -2.35. The van der Waals surface area contributed by atoms with Gasteiger partial charge in [0.25, 0.3) is 5.69 Å². The molecule has 1 aromatic rings.